The van der Waals surface area contributed by atoms with Gasteiger partial charge in [-0.15, -0.1) is 0 Å². The van der Waals surface area contributed by atoms with Crippen LogP contribution in [-0.4, -0.2) is 15.5 Å². The quantitative estimate of drug-likeness (QED) is 0.461. The van der Waals surface area contributed by atoms with Gasteiger partial charge in [-0.1, -0.05) is 35.4 Å². The van der Waals surface area contributed by atoms with Crippen molar-refractivity contribution in [3.8, 4) is 0 Å². The molecule has 0 amide bonds. The van der Waals surface area contributed by atoms with Crippen molar-refractivity contribution < 1.29 is 5.11 Å². The Labute approximate surface area is 76.0 Å². The molecular weight excluding hydrogens is 183 g/mol. The molecule has 2 aliphatic rings. The van der Waals surface area contributed by atoms with E-state index in [4.69, 9.17) is 23.2 Å². The highest BCUT2D eigenvalue weighted by molar-refractivity contribution is 6.50. The molecule has 0 heterocycles. The van der Waals surface area contributed by atoms with E-state index in [2.05, 4.69) is 6.08 Å². The molecule has 1 saturated carbocycles. The molecule has 3 atom stereocenters. The lowest BCUT2D eigenvalue weighted by molar-refractivity contribution is -0.0324. The van der Waals surface area contributed by atoms with Crippen molar-refractivity contribution in [2.75, 3.05) is 0 Å². The molecule has 1 nitrogen and oxygen atoms in total. The SMILES string of the molecule is O[C@@H]1[C@@H]2CCC=C[C@@H]2C1(Cl)Cl. The topological polar surface area (TPSA) is 20.2 Å². The number of fused-ring (bicyclic) bond motifs is 1. The molecule has 2 aliphatic carbocycles. The average Bonchev–Trinajstić information content (AvgIpc) is 2.04. The number of hydrogen-bond acceptors (Lipinski definition) is 1. The Bertz CT molecular complexity index is 200. The summed E-state index contributed by atoms with van der Waals surface area (Å²) in [7, 11) is 0. The van der Waals surface area contributed by atoms with Crippen LogP contribution in [0, 0.1) is 11.8 Å². The molecule has 0 saturated heterocycles. The fraction of sp³-hybridized carbons (Fsp3) is 0.750. The lowest BCUT2D eigenvalue weighted by atomic mass is 9.65. The second-order valence-corrected chi connectivity index (χ2v) is 4.76. The highest BCUT2D eigenvalue weighted by Gasteiger charge is 2.58. The Hall–Kier alpha value is 0.280. The summed E-state index contributed by atoms with van der Waals surface area (Å²) in [6.07, 6.45) is 5.65. The first-order chi connectivity index (χ1) is 5.14. The summed E-state index contributed by atoms with van der Waals surface area (Å²) in [5, 5.41) is 9.47. The van der Waals surface area contributed by atoms with Gasteiger partial charge in [0.25, 0.3) is 0 Å². The molecule has 3 heteroatoms. The van der Waals surface area contributed by atoms with Crippen LogP contribution in [0.3, 0.4) is 0 Å². The van der Waals surface area contributed by atoms with Crippen molar-refractivity contribution in [1.29, 1.82) is 0 Å². The first-order valence-corrected chi connectivity index (χ1v) is 4.62. The van der Waals surface area contributed by atoms with Gasteiger partial charge >= 0.3 is 0 Å². The number of halogens is 2. The number of hydrogen-bond donors (Lipinski definition) is 1. The molecule has 11 heavy (non-hydrogen) atoms. The first-order valence-electron chi connectivity index (χ1n) is 3.86. The summed E-state index contributed by atoms with van der Waals surface area (Å²) in [4.78, 5) is 0. The maximum absolute atomic E-state index is 9.47. The molecule has 0 unspecified atom stereocenters. The predicted molar refractivity (Wildman–Crippen MR) is 45.8 cm³/mol. The standard InChI is InChI=1S/C8H10Cl2O/c9-8(10)6-4-2-1-3-5(6)7(8)11/h2,4-7,11H,1,3H2/t5-,6+,7-/m1/s1. The number of aliphatic hydroxyl groups is 1. The summed E-state index contributed by atoms with van der Waals surface area (Å²) in [5.41, 5.74) is 0. The van der Waals surface area contributed by atoms with Crippen molar-refractivity contribution >= 4 is 23.2 Å². The van der Waals surface area contributed by atoms with Gasteiger partial charge in [-0.3, -0.25) is 0 Å². The minimum absolute atomic E-state index is 0.176. The fourth-order valence-corrected chi connectivity index (χ4v) is 2.78. The molecule has 0 aromatic carbocycles. The highest BCUT2D eigenvalue weighted by Crippen LogP contribution is 2.55. The molecule has 0 bridgehead atoms. The summed E-state index contributed by atoms with van der Waals surface area (Å²) in [6, 6.07) is 0. The normalized spacial score (nSPS) is 46.3. The average molecular weight is 193 g/mol. The van der Waals surface area contributed by atoms with Gasteiger partial charge in [0.2, 0.25) is 0 Å². The van der Waals surface area contributed by atoms with E-state index < -0.39 is 10.4 Å². The van der Waals surface area contributed by atoms with Crippen molar-refractivity contribution in [2.24, 2.45) is 11.8 Å². The molecule has 1 N–H and O–H groups in total. The van der Waals surface area contributed by atoms with Gasteiger partial charge in [-0.2, -0.15) is 0 Å². The van der Waals surface area contributed by atoms with Crippen molar-refractivity contribution in [3.05, 3.63) is 12.2 Å². The Balaban J connectivity index is 2.20. The molecule has 2 rings (SSSR count). The summed E-state index contributed by atoms with van der Waals surface area (Å²) in [5.74, 6) is 0.476. The highest BCUT2D eigenvalue weighted by atomic mass is 35.5. The zero-order valence-electron chi connectivity index (χ0n) is 6.00. The van der Waals surface area contributed by atoms with Crippen LogP contribution in [0.4, 0.5) is 0 Å². The minimum Gasteiger partial charge on any atom is -0.390 e. The molecule has 62 valence electrons. The summed E-state index contributed by atoms with van der Waals surface area (Å²) >= 11 is 11.8. The Morgan fingerprint density at radius 2 is 2.18 bits per heavy atom. The van der Waals surface area contributed by atoms with Crippen LogP contribution in [0.2, 0.25) is 0 Å². The van der Waals surface area contributed by atoms with Crippen LogP contribution in [0.15, 0.2) is 12.2 Å². The Morgan fingerprint density at radius 1 is 1.45 bits per heavy atom. The molecule has 0 spiro atoms. The van der Waals surface area contributed by atoms with E-state index in [0.717, 1.165) is 12.8 Å². The second-order valence-electron chi connectivity index (χ2n) is 3.31. The van der Waals surface area contributed by atoms with Crippen LogP contribution in [0.1, 0.15) is 12.8 Å². The molecule has 0 aliphatic heterocycles. The van der Waals surface area contributed by atoms with E-state index in [9.17, 15) is 5.11 Å². The molecular formula is C8H10Cl2O. The molecule has 0 aromatic heterocycles. The minimum atomic E-state index is -0.915. The number of allylic oxidation sites excluding steroid dienone is 2. The summed E-state index contributed by atoms with van der Waals surface area (Å²) < 4.78 is -0.915. The third-order valence-electron chi connectivity index (χ3n) is 2.72. The number of aliphatic hydroxyl groups excluding tert-OH is 1. The van der Waals surface area contributed by atoms with Crippen molar-refractivity contribution in [2.45, 2.75) is 23.3 Å². The van der Waals surface area contributed by atoms with Crippen LogP contribution in [0.25, 0.3) is 0 Å². The van der Waals surface area contributed by atoms with Gasteiger partial charge in [0.15, 0.2) is 4.33 Å². The van der Waals surface area contributed by atoms with Crippen molar-refractivity contribution in [3.63, 3.8) is 0 Å². The van der Waals surface area contributed by atoms with E-state index in [1.165, 1.54) is 0 Å². The zero-order chi connectivity index (χ0) is 8.06. The van der Waals surface area contributed by atoms with Gasteiger partial charge < -0.3 is 5.11 Å². The maximum Gasteiger partial charge on any atom is 0.150 e. The van der Waals surface area contributed by atoms with Gasteiger partial charge in [-0.25, -0.2) is 0 Å². The molecule has 0 aromatic rings. The first kappa shape index (κ1) is 7.90. The lowest BCUT2D eigenvalue weighted by Crippen LogP contribution is -2.59. The second kappa shape index (κ2) is 2.38. The van der Waals surface area contributed by atoms with E-state index in [1.807, 2.05) is 6.08 Å². The zero-order valence-corrected chi connectivity index (χ0v) is 7.52. The van der Waals surface area contributed by atoms with Crippen molar-refractivity contribution in [1.82, 2.24) is 0 Å². The largest absolute Gasteiger partial charge is 0.390 e. The van der Waals surface area contributed by atoms with E-state index >= 15 is 0 Å². The smallest absolute Gasteiger partial charge is 0.150 e. The van der Waals surface area contributed by atoms with Gasteiger partial charge in [0.05, 0.1) is 6.10 Å². The number of alkyl halides is 2. The van der Waals surface area contributed by atoms with Gasteiger partial charge in [-0.05, 0) is 18.8 Å². The van der Waals surface area contributed by atoms with E-state index in [1.54, 1.807) is 0 Å². The third kappa shape index (κ3) is 0.947. The van der Waals surface area contributed by atoms with E-state index in [0.29, 0.717) is 5.92 Å². The Kier molecular flexibility index (Phi) is 1.71. The van der Waals surface area contributed by atoms with Gasteiger partial charge in [0, 0.05) is 5.92 Å². The van der Waals surface area contributed by atoms with Crippen LogP contribution >= 0.6 is 23.2 Å². The van der Waals surface area contributed by atoms with Gasteiger partial charge in [0.1, 0.15) is 0 Å². The Morgan fingerprint density at radius 3 is 2.82 bits per heavy atom. The van der Waals surface area contributed by atoms with Crippen LogP contribution in [-0.2, 0) is 0 Å². The predicted octanol–water partition coefficient (Wildman–Crippen LogP) is 2.12. The molecule has 1 fully saturated rings. The third-order valence-corrected chi connectivity index (χ3v) is 3.67. The lowest BCUT2D eigenvalue weighted by Gasteiger charge is -2.52. The van der Waals surface area contributed by atoms with E-state index in [-0.39, 0.29) is 5.92 Å². The van der Waals surface area contributed by atoms with Crippen LogP contribution < -0.4 is 0 Å². The summed E-state index contributed by atoms with van der Waals surface area (Å²) in [6.45, 7) is 0. The molecule has 0 radical (unpaired) electrons. The monoisotopic (exact) mass is 192 g/mol. The van der Waals surface area contributed by atoms with Crippen LogP contribution in [0.5, 0.6) is 0 Å². The maximum atomic E-state index is 9.47. The fourth-order valence-electron chi connectivity index (χ4n) is 1.99. The number of rotatable bonds is 0.